The zero-order valence-corrected chi connectivity index (χ0v) is 17.5. The van der Waals surface area contributed by atoms with Crippen molar-refractivity contribution in [1.82, 2.24) is 10.6 Å². The van der Waals surface area contributed by atoms with E-state index in [9.17, 15) is 18.0 Å². The number of sulfonamides is 1. The van der Waals surface area contributed by atoms with Gasteiger partial charge in [-0.2, -0.15) is 0 Å². The molecule has 0 radical (unpaired) electrons. The molecule has 0 saturated heterocycles. The SMILES string of the molecule is CCNC(=O)C(C)NC(=O)c1ccc(Cl)c(S(=O)(=O)Nc2ccccc2Cl)c1. The van der Waals surface area contributed by atoms with Crippen molar-refractivity contribution in [2.45, 2.75) is 24.8 Å². The standard InChI is InChI=1S/C18H19Cl2N3O4S/c1-3-21-17(24)11(2)22-18(25)12-8-9-14(20)16(10-12)28(26,27)23-15-7-5-4-6-13(15)19/h4-11,23H,3H2,1-2H3,(H,21,24)(H,22,25). The van der Waals surface area contributed by atoms with Crippen molar-refractivity contribution in [3.05, 3.63) is 58.1 Å². The van der Waals surface area contributed by atoms with Crippen molar-refractivity contribution in [1.29, 1.82) is 0 Å². The zero-order valence-electron chi connectivity index (χ0n) is 15.1. The molecule has 3 N–H and O–H groups in total. The lowest BCUT2D eigenvalue weighted by molar-refractivity contribution is -0.122. The van der Waals surface area contributed by atoms with Crippen LogP contribution in [0.1, 0.15) is 24.2 Å². The van der Waals surface area contributed by atoms with Crippen LogP contribution in [0.3, 0.4) is 0 Å². The minimum absolute atomic E-state index is 0.0417. The van der Waals surface area contributed by atoms with Gasteiger partial charge in [-0.05, 0) is 44.2 Å². The number of hydrogen-bond acceptors (Lipinski definition) is 4. The Kier molecular flexibility index (Phi) is 7.29. The number of nitrogens with one attached hydrogen (secondary N) is 3. The van der Waals surface area contributed by atoms with Crippen LogP contribution >= 0.6 is 23.2 Å². The summed E-state index contributed by atoms with van der Waals surface area (Å²) >= 11 is 12.0. The van der Waals surface area contributed by atoms with Crippen molar-refractivity contribution in [2.24, 2.45) is 0 Å². The van der Waals surface area contributed by atoms with E-state index in [4.69, 9.17) is 23.2 Å². The third kappa shape index (κ3) is 5.37. The number of carbonyl (C=O) groups is 2. The maximum atomic E-state index is 12.7. The Balaban J connectivity index is 2.28. The molecule has 7 nitrogen and oxygen atoms in total. The molecule has 1 unspecified atom stereocenters. The number of para-hydroxylation sites is 1. The van der Waals surface area contributed by atoms with E-state index in [2.05, 4.69) is 15.4 Å². The van der Waals surface area contributed by atoms with Crippen molar-refractivity contribution < 1.29 is 18.0 Å². The summed E-state index contributed by atoms with van der Waals surface area (Å²) in [5, 5.41) is 5.25. The summed E-state index contributed by atoms with van der Waals surface area (Å²) in [4.78, 5) is 23.9. The molecule has 28 heavy (non-hydrogen) atoms. The molecule has 2 amide bonds. The summed E-state index contributed by atoms with van der Waals surface area (Å²) < 4.78 is 27.8. The van der Waals surface area contributed by atoms with Gasteiger partial charge in [0.25, 0.3) is 15.9 Å². The average Bonchev–Trinajstić information content (AvgIpc) is 2.63. The van der Waals surface area contributed by atoms with Crippen LogP contribution in [-0.2, 0) is 14.8 Å². The molecule has 10 heteroatoms. The molecule has 2 rings (SSSR count). The van der Waals surface area contributed by atoms with Crippen molar-refractivity contribution >= 4 is 50.7 Å². The number of rotatable bonds is 7. The molecule has 0 aromatic heterocycles. The number of hydrogen-bond donors (Lipinski definition) is 3. The summed E-state index contributed by atoms with van der Waals surface area (Å²) in [6.45, 7) is 3.71. The molecule has 0 aliphatic rings. The molecule has 0 aliphatic heterocycles. The van der Waals surface area contributed by atoms with Crippen LogP contribution in [0.15, 0.2) is 47.4 Å². The first-order valence-electron chi connectivity index (χ1n) is 8.31. The van der Waals surface area contributed by atoms with Gasteiger partial charge in [0.1, 0.15) is 10.9 Å². The molecule has 2 aromatic rings. The Bertz CT molecular complexity index is 996. The first kappa shape index (κ1) is 22.0. The fourth-order valence-corrected chi connectivity index (χ4v) is 4.11. The van der Waals surface area contributed by atoms with E-state index in [1.54, 1.807) is 19.1 Å². The van der Waals surface area contributed by atoms with Gasteiger partial charge in [0.05, 0.1) is 15.7 Å². The van der Waals surface area contributed by atoms with Gasteiger partial charge in [0.2, 0.25) is 5.91 Å². The molecule has 0 heterocycles. The Hall–Kier alpha value is -2.29. The highest BCUT2D eigenvalue weighted by molar-refractivity contribution is 7.92. The predicted octanol–water partition coefficient (Wildman–Crippen LogP) is 3.05. The van der Waals surface area contributed by atoms with Gasteiger partial charge in [-0.3, -0.25) is 14.3 Å². The highest BCUT2D eigenvalue weighted by Crippen LogP contribution is 2.28. The number of anilines is 1. The lowest BCUT2D eigenvalue weighted by Crippen LogP contribution is -2.44. The van der Waals surface area contributed by atoms with E-state index in [1.807, 2.05) is 0 Å². The summed E-state index contributed by atoms with van der Waals surface area (Å²) in [5.41, 5.74) is 0.222. The quantitative estimate of drug-likeness (QED) is 0.611. The molecular formula is C18H19Cl2N3O4S. The maximum absolute atomic E-state index is 12.7. The highest BCUT2D eigenvalue weighted by Gasteiger charge is 2.22. The van der Waals surface area contributed by atoms with E-state index in [0.29, 0.717) is 6.54 Å². The third-order valence-electron chi connectivity index (χ3n) is 3.69. The molecule has 0 fully saturated rings. The maximum Gasteiger partial charge on any atom is 0.263 e. The summed E-state index contributed by atoms with van der Waals surface area (Å²) in [6.07, 6.45) is 0. The fraction of sp³-hybridized carbons (Fsp3) is 0.222. The van der Waals surface area contributed by atoms with Crippen LogP contribution in [0.4, 0.5) is 5.69 Å². The summed E-state index contributed by atoms with van der Waals surface area (Å²) in [6, 6.07) is 9.34. The van der Waals surface area contributed by atoms with Gasteiger partial charge >= 0.3 is 0 Å². The Morgan fingerprint density at radius 2 is 1.75 bits per heavy atom. The largest absolute Gasteiger partial charge is 0.355 e. The van der Waals surface area contributed by atoms with Crippen LogP contribution in [0.5, 0.6) is 0 Å². The van der Waals surface area contributed by atoms with Gasteiger partial charge in [-0.25, -0.2) is 8.42 Å². The van der Waals surface area contributed by atoms with Crippen molar-refractivity contribution in [2.75, 3.05) is 11.3 Å². The van der Waals surface area contributed by atoms with E-state index in [0.717, 1.165) is 6.07 Å². The van der Waals surface area contributed by atoms with Gasteiger partial charge in [0, 0.05) is 12.1 Å². The Labute approximate surface area is 173 Å². The number of likely N-dealkylation sites (N-methyl/N-ethyl adjacent to an activating group) is 1. The molecule has 0 bridgehead atoms. The zero-order chi connectivity index (χ0) is 20.9. The predicted molar refractivity (Wildman–Crippen MR) is 109 cm³/mol. The van der Waals surface area contributed by atoms with E-state index in [-0.39, 0.29) is 32.1 Å². The molecule has 2 aromatic carbocycles. The monoisotopic (exact) mass is 443 g/mol. The molecule has 150 valence electrons. The average molecular weight is 444 g/mol. The number of halogens is 2. The van der Waals surface area contributed by atoms with E-state index >= 15 is 0 Å². The van der Waals surface area contributed by atoms with Gasteiger partial charge in [-0.15, -0.1) is 0 Å². The Morgan fingerprint density at radius 1 is 1.07 bits per heavy atom. The molecule has 1 atom stereocenters. The van der Waals surface area contributed by atoms with E-state index in [1.165, 1.54) is 31.2 Å². The first-order chi connectivity index (χ1) is 13.2. The topological polar surface area (TPSA) is 104 Å². The normalized spacial score (nSPS) is 12.1. The number of amides is 2. The second-order valence-electron chi connectivity index (χ2n) is 5.82. The smallest absolute Gasteiger partial charge is 0.263 e. The fourth-order valence-electron chi connectivity index (χ4n) is 2.27. The van der Waals surface area contributed by atoms with Crippen molar-refractivity contribution in [3.8, 4) is 0 Å². The lowest BCUT2D eigenvalue weighted by Gasteiger charge is -2.15. The highest BCUT2D eigenvalue weighted by atomic mass is 35.5. The summed E-state index contributed by atoms with van der Waals surface area (Å²) in [7, 11) is -4.10. The van der Waals surface area contributed by atoms with Gasteiger partial charge < -0.3 is 10.6 Å². The van der Waals surface area contributed by atoms with Crippen LogP contribution in [0.2, 0.25) is 10.0 Å². The van der Waals surface area contributed by atoms with Gasteiger partial charge in [-0.1, -0.05) is 35.3 Å². The minimum Gasteiger partial charge on any atom is -0.355 e. The Morgan fingerprint density at radius 3 is 2.39 bits per heavy atom. The molecule has 0 aliphatic carbocycles. The third-order valence-corrected chi connectivity index (χ3v) is 5.87. The number of benzene rings is 2. The van der Waals surface area contributed by atoms with Crippen LogP contribution in [-0.4, -0.2) is 32.8 Å². The molecule has 0 saturated carbocycles. The van der Waals surface area contributed by atoms with E-state index < -0.39 is 22.0 Å². The number of carbonyl (C=O) groups excluding carboxylic acids is 2. The van der Waals surface area contributed by atoms with Crippen LogP contribution in [0.25, 0.3) is 0 Å². The van der Waals surface area contributed by atoms with Crippen LogP contribution < -0.4 is 15.4 Å². The van der Waals surface area contributed by atoms with Gasteiger partial charge in [0.15, 0.2) is 0 Å². The van der Waals surface area contributed by atoms with Crippen LogP contribution in [0, 0.1) is 0 Å². The summed E-state index contributed by atoms with van der Waals surface area (Å²) in [5.74, 6) is -0.956. The molecular weight excluding hydrogens is 425 g/mol. The second kappa shape index (κ2) is 9.27. The minimum atomic E-state index is -4.10. The first-order valence-corrected chi connectivity index (χ1v) is 10.5. The second-order valence-corrected chi connectivity index (χ2v) is 8.29. The molecule has 0 spiro atoms. The van der Waals surface area contributed by atoms with Crippen molar-refractivity contribution in [3.63, 3.8) is 0 Å². The lowest BCUT2D eigenvalue weighted by atomic mass is 10.2.